The third-order valence-electron chi connectivity index (χ3n) is 2.45. The van der Waals surface area contributed by atoms with Gasteiger partial charge < -0.3 is 4.84 Å². The van der Waals surface area contributed by atoms with E-state index in [1.807, 2.05) is 0 Å². The number of oxime groups is 1. The molecule has 0 saturated heterocycles. The highest BCUT2D eigenvalue weighted by atomic mass is 35.5. The standard InChI is InChI=1S/C10H6Cl2F3NO/c11-7-3-6(4-8(12)5-7)9(10(13,14)15)1-2-16-17-9/h2-5H,1H2/t9-/m0/s1. The Kier molecular flexibility index (Phi) is 2.99. The molecule has 0 saturated carbocycles. The smallest absolute Gasteiger partial charge is 0.375 e. The first-order valence-corrected chi connectivity index (χ1v) is 5.34. The second-order valence-electron chi connectivity index (χ2n) is 3.57. The van der Waals surface area contributed by atoms with Gasteiger partial charge in [0.25, 0.3) is 5.60 Å². The summed E-state index contributed by atoms with van der Waals surface area (Å²) in [5.74, 6) is 0. The Morgan fingerprint density at radius 2 is 1.76 bits per heavy atom. The molecule has 0 amide bonds. The summed E-state index contributed by atoms with van der Waals surface area (Å²) in [6.45, 7) is 0. The van der Waals surface area contributed by atoms with Crippen molar-refractivity contribution in [2.75, 3.05) is 0 Å². The Morgan fingerprint density at radius 1 is 1.18 bits per heavy atom. The predicted octanol–water partition coefficient (Wildman–Crippen LogP) is 4.16. The number of nitrogens with zero attached hydrogens (tertiary/aromatic N) is 1. The molecule has 0 fully saturated rings. The van der Waals surface area contributed by atoms with Gasteiger partial charge in [0, 0.05) is 28.2 Å². The van der Waals surface area contributed by atoms with E-state index in [1.54, 1.807) is 0 Å². The van der Waals surface area contributed by atoms with Gasteiger partial charge in [-0.2, -0.15) is 13.2 Å². The lowest BCUT2D eigenvalue weighted by molar-refractivity contribution is -0.275. The van der Waals surface area contributed by atoms with E-state index < -0.39 is 18.2 Å². The van der Waals surface area contributed by atoms with Gasteiger partial charge in [-0.05, 0) is 18.2 Å². The summed E-state index contributed by atoms with van der Waals surface area (Å²) in [7, 11) is 0. The molecule has 1 aliphatic rings. The zero-order valence-corrected chi connectivity index (χ0v) is 9.77. The quantitative estimate of drug-likeness (QED) is 0.758. The first-order valence-electron chi connectivity index (χ1n) is 4.58. The monoisotopic (exact) mass is 283 g/mol. The van der Waals surface area contributed by atoms with Gasteiger partial charge >= 0.3 is 6.18 Å². The van der Waals surface area contributed by atoms with Crippen LogP contribution < -0.4 is 0 Å². The molecule has 0 radical (unpaired) electrons. The van der Waals surface area contributed by atoms with E-state index in [-0.39, 0.29) is 15.6 Å². The molecule has 0 spiro atoms. The van der Waals surface area contributed by atoms with Gasteiger partial charge in [-0.3, -0.25) is 0 Å². The van der Waals surface area contributed by atoms with Crippen LogP contribution in [-0.4, -0.2) is 12.4 Å². The summed E-state index contributed by atoms with van der Waals surface area (Å²) < 4.78 is 39.2. The Bertz CT molecular complexity index is 445. The van der Waals surface area contributed by atoms with Crippen LogP contribution in [0, 0.1) is 0 Å². The van der Waals surface area contributed by atoms with Gasteiger partial charge in [-0.1, -0.05) is 28.4 Å². The van der Waals surface area contributed by atoms with Crippen molar-refractivity contribution >= 4 is 29.4 Å². The highest BCUT2D eigenvalue weighted by molar-refractivity contribution is 6.34. The third kappa shape index (κ3) is 2.09. The third-order valence-corrected chi connectivity index (χ3v) is 2.89. The Morgan fingerprint density at radius 3 is 2.18 bits per heavy atom. The molecule has 0 N–H and O–H groups in total. The van der Waals surface area contributed by atoms with Crippen molar-refractivity contribution < 1.29 is 18.0 Å². The maximum absolute atomic E-state index is 13.1. The fourth-order valence-electron chi connectivity index (χ4n) is 1.62. The molecule has 2 rings (SSSR count). The topological polar surface area (TPSA) is 21.6 Å². The number of rotatable bonds is 1. The zero-order chi connectivity index (χ0) is 12.7. The van der Waals surface area contributed by atoms with Crippen LogP contribution in [0.4, 0.5) is 13.2 Å². The van der Waals surface area contributed by atoms with E-state index in [1.165, 1.54) is 18.2 Å². The second-order valence-corrected chi connectivity index (χ2v) is 4.44. The van der Waals surface area contributed by atoms with Crippen LogP contribution in [-0.2, 0) is 10.4 Å². The first-order chi connectivity index (χ1) is 7.85. The van der Waals surface area contributed by atoms with E-state index in [0.29, 0.717) is 0 Å². The van der Waals surface area contributed by atoms with Crippen molar-refractivity contribution in [2.45, 2.75) is 18.2 Å². The molecule has 1 heterocycles. The molecule has 0 aromatic heterocycles. The van der Waals surface area contributed by atoms with Crippen LogP contribution in [0.2, 0.25) is 10.0 Å². The molecule has 1 aliphatic heterocycles. The average molecular weight is 284 g/mol. The number of hydrogen-bond acceptors (Lipinski definition) is 2. The number of benzene rings is 1. The molecule has 1 aromatic carbocycles. The van der Waals surface area contributed by atoms with Crippen molar-refractivity contribution in [3.05, 3.63) is 33.8 Å². The van der Waals surface area contributed by atoms with E-state index in [9.17, 15) is 13.2 Å². The molecular formula is C10H6Cl2F3NO. The Labute approximate surface area is 105 Å². The minimum Gasteiger partial charge on any atom is -0.375 e. The van der Waals surface area contributed by atoms with Gasteiger partial charge in [0.2, 0.25) is 0 Å². The molecule has 7 heteroatoms. The molecule has 17 heavy (non-hydrogen) atoms. The molecule has 0 unspecified atom stereocenters. The molecule has 2 nitrogen and oxygen atoms in total. The summed E-state index contributed by atoms with van der Waals surface area (Å²) in [5.41, 5.74) is -2.64. The zero-order valence-electron chi connectivity index (χ0n) is 8.26. The summed E-state index contributed by atoms with van der Waals surface area (Å²) in [6.07, 6.45) is -3.92. The maximum Gasteiger partial charge on any atom is 0.435 e. The van der Waals surface area contributed by atoms with Crippen LogP contribution in [0.1, 0.15) is 12.0 Å². The van der Waals surface area contributed by atoms with Gasteiger partial charge in [-0.15, -0.1) is 0 Å². The summed E-state index contributed by atoms with van der Waals surface area (Å²) in [5, 5.41) is 3.44. The lowest BCUT2D eigenvalue weighted by atomic mass is 9.90. The van der Waals surface area contributed by atoms with Crippen LogP contribution >= 0.6 is 23.2 Å². The van der Waals surface area contributed by atoms with E-state index in [4.69, 9.17) is 23.2 Å². The SMILES string of the molecule is FC(F)(F)[C@@]1(c2cc(Cl)cc(Cl)c2)CC=NO1. The molecule has 0 bridgehead atoms. The number of halogens is 5. The summed E-state index contributed by atoms with van der Waals surface area (Å²) in [6, 6.07) is 3.71. The van der Waals surface area contributed by atoms with Crippen LogP contribution in [0.25, 0.3) is 0 Å². The lowest BCUT2D eigenvalue weighted by Crippen LogP contribution is -2.42. The Balaban J connectivity index is 2.54. The molecular weight excluding hydrogens is 278 g/mol. The first kappa shape index (κ1) is 12.5. The number of alkyl halides is 3. The highest BCUT2D eigenvalue weighted by Crippen LogP contribution is 2.47. The van der Waals surface area contributed by atoms with Crippen molar-refractivity contribution in [3.63, 3.8) is 0 Å². The average Bonchev–Trinajstić information content (AvgIpc) is 2.64. The van der Waals surface area contributed by atoms with Crippen molar-refractivity contribution in [2.24, 2.45) is 5.16 Å². The fourth-order valence-corrected chi connectivity index (χ4v) is 2.15. The van der Waals surface area contributed by atoms with Crippen LogP contribution in [0.3, 0.4) is 0 Å². The largest absolute Gasteiger partial charge is 0.435 e. The van der Waals surface area contributed by atoms with Gasteiger partial charge in [0.1, 0.15) is 0 Å². The predicted molar refractivity (Wildman–Crippen MR) is 58.4 cm³/mol. The van der Waals surface area contributed by atoms with Gasteiger partial charge in [0.15, 0.2) is 0 Å². The fraction of sp³-hybridized carbons (Fsp3) is 0.300. The lowest BCUT2D eigenvalue weighted by Gasteiger charge is -2.29. The maximum atomic E-state index is 13.1. The molecule has 92 valence electrons. The number of hydrogen-bond donors (Lipinski definition) is 0. The Hall–Kier alpha value is -0.940. The van der Waals surface area contributed by atoms with Crippen LogP contribution in [0.15, 0.2) is 23.4 Å². The van der Waals surface area contributed by atoms with E-state index in [2.05, 4.69) is 9.99 Å². The highest BCUT2D eigenvalue weighted by Gasteiger charge is 2.60. The summed E-state index contributed by atoms with van der Waals surface area (Å²) in [4.78, 5) is 4.53. The van der Waals surface area contributed by atoms with Crippen molar-refractivity contribution in [1.29, 1.82) is 0 Å². The molecule has 0 aliphatic carbocycles. The van der Waals surface area contributed by atoms with E-state index in [0.717, 1.165) is 6.21 Å². The van der Waals surface area contributed by atoms with E-state index >= 15 is 0 Å². The van der Waals surface area contributed by atoms with Gasteiger partial charge in [0.05, 0.1) is 0 Å². The van der Waals surface area contributed by atoms with Crippen molar-refractivity contribution in [1.82, 2.24) is 0 Å². The minimum atomic E-state index is -4.60. The van der Waals surface area contributed by atoms with Crippen LogP contribution in [0.5, 0.6) is 0 Å². The minimum absolute atomic E-state index is 0.117. The molecule has 1 atom stereocenters. The second kappa shape index (κ2) is 4.07. The van der Waals surface area contributed by atoms with Gasteiger partial charge in [-0.25, -0.2) is 0 Å². The van der Waals surface area contributed by atoms with Crippen molar-refractivity contribution in [3.8, 4) is 0 Å². The summed E-state index contributed by atoms with van der Waals surface area (Å²) >= 11 is 11.4. The molecule has 1 aromatic rings. The normalized spacial score (nSPS) is 23.8.